The van der Waals surface area contributed by atoms with Crippen LogP contribution in [0.5, 0.6) is 5.75 Å². The van der Waals surface area contributed by atoms with Gasteiger partial charge in [0.05, 0.1) is 6.26 Å². The van der Waals surface area contributed by atoms with Gasteiger partial charge in [0.15, 0.2) is 0 Å². The standard InChI is InChI=1S/C14H8F3NO4S/c15-14(16,17)23(19,20)22-10-3-4-11-12(8-21-13(11)6-10)9-2-1-5-18-7-9/h1-8H. The average Bonchev–Trinajstić information content (AvgIpc) is 2.89. The number of aromatic nitrogens is 1. The summed E-state index contributed by atoms with van der Waals surface area (Å²) in [5, 5.41) is 0.592. The van der Waals surface area contributed by atoms with Crippen molar-refractivity contribution in [1.82, 2.24) is 4.98 Å². The molecule has 120 valence electrons. The van der Waals surface area contributed by atoms with Gasteiger partial charge in [-0.25, -0.2) is 0 Å². The second kappa shape index (κ2) is 5.27. The minimum Gasteiger partial charge on any atom is -0.464 e. The molecule has 0 spiro atoms. The Balaban J connectivity index is 1.99. The van der Waals surface area contributed by atoms with Gasteiger partial charge in [-0.05, 0) is 18.2 Å². The fourth-order valence-corrected chi connectivity index (χ4v) is 2.43. The second-order valence-electron chi connectivity index (χ2n) is 4.53. The monoisotopic (exact) mass is 343 g/mol. The summed E-state index contributed by atoms with van der Waals surface area (Å²) in [6.45, 7) is 0. The maximum Gasteiger partial charge on any atom is 0.534 e. The largest absolute Gasteiger partial charge is 0.534 e. The van der Waals surface area contributed by atoms with Crippen molar-refractivity contribution in [1.29, 1.82) is 0 Å². The molecule has 9 heteroatoms. The van der Waals surface area contributed by atoms with Gasteiger partial charge in [-0.1, -0.05) is 6.07 Å². The maximum atomic E-state index is 12.3. The third-order valence-electron chi connectivity index (χ3n) is 3.01. The van der Waals surface area contributed by atoms with E-state index in [0.717, 1.165) is 17.7 Å². The summed E-state index contributed by atoms with van der Waals surface area (Å²) in [5.74, 6) is -0.484. The number of benzene rings is 1. The molecule has 0 aliphatic rings. The zero-order chi connectivity index (χ0) is 16.7. The molecule has 1 aromatic carbocycles. The van der Waals surface area contributed by atoms with Crippen molar-refractivity contribution >= 4 is 21.1 Å². The molecule has 3 rings (SSSR count). The van der Waals surface area contributed by atoms with Crippen LogP contribution in [0.1, 0.15) is 0 Å². The fourth-order valence-electron chi connectivity index (χ4n) is 1.98. The van der Waals surface area contributed by atoms with Gasteiger partial charge in [-0.2, -0.15) is 21.6 Å². The number of fused-ring (bicyclic) bond motifs is 1. The maximum absolute atomic E-state index is 12.3. The van der Waals surface area contributed by atoms with Gasteiger partial charge in [0.1, 0.15) is 11.3 Å². The molecular formula is C14H8F3NO4S. The van der Waals surface area contributed by atoms with E-state index >= 15 is 0 Å². The van der Waals surface area contributed by atoms with E-state index in [4.69, 9.17) is 4.42 Å². The molecular weight excluding hydrogens is 335 g/mol. The third kappa shape index (κ3) is 2.87. The predicted octanol–water partition coefficient (Wildman–Crippen LogP) is 3.72. The highest BCUT2D eigenvalue weighted by Gasteiger charge is 2.48. The van der Waals surface area contributed by atoms with Crippen LogP contribution in [0.2, 0.25) is 0 Å². The number of halogens is 3. The highest BCUT2D eigenvalue weighted by molar-refractivity contribution is 7.88. The Morgan fingerprint density at radius 1 is 1.17 bits per heavy atom. The van der Waals surface area contributed by atoms with E-state index in [0.29, 0.717) is 10.9 Å². The molecule has 0 aliphatic carbocycles. The van der Waals surface area contributed by atoms with E-state index in [2.05, 4.69) is 9.17 Å². The van der Waals surface area contributed by atoms with Crippen LogP contribution in [-0.4, -0.2) is 18.9 Å². The average molecular weight is 343 g/mol. The lowest BCUT2D eigenvalue weighted by Gasteiger charge is -2.09. The van der Waals surface area contributed by atoms with Crippen LogP contribution in [0, 0.1) is 0 Å². The first-order valence-electron chi connectivity index (χ1n) is 6.20. The lowest BCUT2D eigenvalue weighted by molar-refractivity contribution is -0.0500. The highest BCUT2D eigenvalue weighted by Crippen LogP contribution is 2.34. The lowest BCUT2D eigenvalue weighted by Crippen LogP contribution is -2.28. The van der Waals surface area contributed by atoms with Crippen molar-refractivity contribution in [3.8, 4) is 16.9 Å². The number of hydrogen-bond acceptors (Lipinski definition) is 5. The molecule has 5 nitrogen and oxygen atoms in total. The summed E-state index contributed by atoms with van der Waals surface area (Å²) in [7, 11) is -5.72. The van der Waals surface area contributed by atoms with E-state index in [1.807, 2.05) is 0 Å². The SMILES string of the molecule is O=S(=O)(Oc1ccc2c(-c3cccnc3)coc2c1)C(F)(F)F. The van der Waals surface area contributed by atoms with Gasteiger partial charge in [0.25, 0.3) is 0 Å². The Morgan fingerprint density at radius 3 is 2.61 bits per heavy atom. The molecule has 0 aliphatic heterocycles. The van der Waals surface area contributed by atoms with Crippen molar-refractivity contribution in [3.05, 3.63) is 49.0 Å². The molecule has 0 saturated carbocycles. The van der Waals surface area contributed by atoms with Crippen LogP contribution in [0.4, 0.5) is 13.2 Å². The Bertz CT molecular complexity index is 949. The van der Waals surface area contributed by atoms with Crippen molar-refractivity contribution in [2.75, 3.05) is 0 Å². The van der Waals surface area contributed by atoms with E-state index in [1.165, 1.54) is 12.3 Å². The first-order valence-corrected chi connectivity index (χ1v) is 7.61. The summed E-state index contributed by atoms with van der Waals surface area (Å²) < 4.78 is 68.3. The highest BCUT2D eigenvalue weighted by atomic mass is 32.2. The summed E-state index contributed by atoms with van der Waals surface area (Å²) >= 11 is 0. The van der Waals surface area contributed by atoms with E-state index in [9.17, 15) is 21.6 Å². The second-order valence-corrected chi connectivity index (χ2v) is 6.07. The van der Waals surface area contributed by atoms with Crippen LogP contribution in [0.15, 0.2) is 53.4 Å². The van der Waals surface area contributed by atoms with E-state index in [1.54, 1.807) is 24.5 Å². The number of pyridine rings is 1. The first kappa shape index (κ1) is 15.3. The summed E-state index contributed by atoms with van der Waals surface area (Å²) in [6, 6.07) is 7.14. The fraction of sp³-hybridized carbons (Fsp3) is 0.0714. The molecule has 0 unspecified atom stereocenters. The van der Waals surface area contributed by atoms with Crippen LogP contribution >= 0.6 is 0 Å². The van der Waals surface area contributed by atoms with Gasteiger partial charge in [-0.15, -0.1) is 0 Å². The zero-order valence-electron chi connectivity index (χ0n) is 11.2. The number of rotatable bonds is 3. The Kier molecular flexibility index (Phi) is 3.52. The summed E-state index contributed by atoms with van der Waals surface area (Å²) in [4.78, 5) is 3.97. The summed E-state index contributed by atoms with van der Waals surface area (Å²) in [5.41, 5.74) is -3.87. The summed E-state index contributed by atoms with van der Waals surface area (Å²) in [6.07, 6.45) is 4.60. The van der Waals surface area contributed by atoms with Crippen molar-refractivity contribution in [2.45, 2.75) is 5.51 Å². The molecule has 0 N–H and O–H groups in total. The first-order chi connectivity index (χ1) is 10.8. The van der Waals surface area contributed by atoms with Gasteiger partial charge in [0, 0.05) is 35.0 Å². The minimum atomic E-state index is -5.72. The molecule has 2 aromatic heterocycles. The predicted molar refractivity (Wildman–Crippen MR) is 75.0 cm³/mol. The molecule has 0 atom stereocenters. The number of hydrogen-bond donors (Lipinski definition) is 0. The molecule has 0 saturated heterocycles. The third-order valence-corrected chi connectivity index (χ3v) is 3.99. The van der Waals surface area contributed by atoms with Gasteiger partial charge in [0.2, 0.25) is 0 Å². The molecule has 23 heavy (non-hydrogen) atoms. The normalized spacial score (nSPS) is 12.5. The van der Waals surface area contributed by atoms with E-state index < -0.39 is 21.4 Å². The van der Waals surface area contributed by atoms with Crippen molar-refractivity contribution in [3.63, 3.8) is 0 Å². The van der Waals surface area contributed by atoms with Crippen LogP contribution in [-0.2, 0) is 10.1 Å². The number of nitrogens with zero attached hydrogens (tertiary/aromatic N) is 1. The number of alkyl halides is 3. The minimum absolute atomic E-state index is 0.193. The van der Waals surface area contributed by atoms with Gasteiger partial charge >= 0.3 is 15.6 Å². The zero-order valence-corrected chi connectivity index (χ0v) is 12.1. The quantitative estimate of drug-likeness (QED) is 0.535. The Hall–Kier alpha value is -2.55. The Morgan fingerprint density at radius 2 is 1.96 bits per heavy atom. The van der Waals surface area contributed by atoms with Crippen molar-refractivity contribution < 1.29 is 30.2 Å². The Labute approximate surface area is 128 Å². The molecule has 0 bridgehead atoms. The molecule has 2 heterocycles. The van der Waals surface area contributed by atoms with Gasteiger partial charge < -0.3 is 8.60 Å². The topological polar surface area (TPSA) is 69.4 Å². The molecule has 0 fully saturated rings. The molecule has 0 radical (unpaired) electrons. The smallest absolute Gasteiger partial charge is 0.464 e. The molecule has 0 amide bonds. The lowest BCUT2D eigenvalue weighted by atomic mass is 10.1. The van der Waals surface area contributed by atoms with Gasteiger partial charge in [-0.3, -0.25) is 4.98 Å². The van der Waals surface area contributed by atoms with Crippen molar-refractivity contribution in [2.24, 2.45) is 0 Å². The number of furan rings is 1. The van der Waals surface area contributed by atoms with Crippen LogP contribution in [0.3, 0.4) is 0 Å². The van der Waals surface area contributed by atoms with E-state index in [-0.39, 0.29) is 5.58 Å². The van der Waals surface area contributed by atoms with Crippen LogP contribution in [0.25, 0.3) is 22.1 Å². The molecule has 3 aromatic rings. The van der Waals surface area contributed by atoms with Crippen LogP contribution < -0.4 is 4.18 Å².